The molecule has 0 saturated heterocycles. The first-order chi connectivity index (χ1) is 6.48. The molecule has 1 rings (SSSR count). The van der Waals surface area contributed by atoms with Crippen LogP contribution in [-0.4, -0.2) is 25.2 Å². The van der Waals surface area contributed by atoms with Crippen LogP contribution in [0.25, 0.3) is 0 Å². The van der Waals surface area contributed by atoms with Gasteiger partial charge >= 0.3 is 0 Å². The van der Waals surface area contributed by atoms with Crippen molar-refractivity contribution in [2.24, 2.45) is 11.1 Å². The first kappa shape index (κ1) is 12.9. The Kier molecular flexibility index (Phi) is 2.96. The molecule has 1 saturated carbocycles. The van der Waals surface area contributed by atoms with Crippen molar-refractivity contribution in [3.05, 3.63) is 0 Å². The van der Waals surface area contributed by atoms with Crippen molar-refractivity contribution >= 4 is 10.0 Å². The smallest absolute Gasteiger partial charge is 0.216 e. The summed E-state index contributed by atoms with van der Waals surface area (Å²) in [5.41, 5.74) is 5.70. The molecule has 0 aliphatic heterocycles. The van der Waals surface area contributed by atoms with Crippen molar-refractivity contribution < 1.29 is 8.42 Å². The van der Waals surface area contributed by atoms with E-state index in [1.165, 1.54) is 0 Å². The monoisotopic (exact) mass is 234 g/mol. The van der Waals surface area contributed by atoms with Crippen LogP contribution in [0.1, 0.15) is 41.0 Å². The molecule has 5 heteroatoms. The van der Waals surface area contributed by atoms with Crippen LogP contribution >= 0.6 is 0 Å². The zero-order valence-electron chi connectivity index (χ0n) is 10.2. The minimum Gasteiger partial charge on any atom is -0.327 e. The second-order valence-corrected chi connectivity index (χ2v) is 8.42. The molecule has 0 aromatic carbocycles. The molecule has 0 bridgehead atoms. The highest BCUT2D eigenvalue weighted by atomic mass is 32.2. The fourth-order valence-corrected chi connectivity index (χ4v) is 2.65. The van der Waals surface area contributed by atoms with Gasteiger partial charge in [-0.05, 0) is 32.6 Å². The molecular weight excluding hydrogens is 212 g/mol. The van der Waals surface area contributed by atoms with E-state index >= 15 is 0 Å². The summed E-state index contributed by atoms with van der Waals surface area (Å²) >= 11 is 0. The van der Waals surface area contributed by atoms with Gasteiger partial charge in [0.15, 0.2) is 0 Å². The van der Waals surface area contributed by atoms with Crippen molar-refractivity contribution in [3.8, 4) is 0 Å². The molecule has 0 aromatic rings. The number of nitrogens with one attached hydrogen (secondary N) is 1. The highest BCUT2D eigenvalue weighted by molar-refractivity contribution is 7.90. The van der Waals surface area contributed by atoms with E-state index in [9.17, 15) is 8.42 Å². The van der Waals surface area contributed by atoms with Gasteiger partial charge in [-0.1, -0.05) is 13.8 Å². The summed E-state index contributed by atoms with van der Waals surface area (Å²) in [4.78, 5) is 0. The molecule has 15 heavy (non-hydrogen) atoms. The number of rotatable bonds is 2. The molecule has 0 radical (unpaired) electrons. The van der Waals surface area contributed by atoms with E-state index in [0.29, 0.717) is 0 Å². The van der Waals surface area contributed by atoms with Crippen LogP contribution in [0.2, 0.25) is 0 Å². The van der Waals surface area contributed by atoms with Crippen LogP contribution in [0.4, 0.5) is 0 Å². The predicted molar refractivity (Wildman–Crippen MR) is 62.0 cm³/mol. The number of hydrogen-bond donors (Lipinski definition) is 2. The lowest BCUT2D eigenvalue weighted by atomic mass is 9.64. The highest BCUT2D eigenvalue weighted by Gasteiger charge is 2.48. The first-order valence-corrected chi connectivity index (χ1v) is 6.74. The van der Waals surface area contributed by atoms with Gasteiger partial charge in [0.1, 0.15) is 0 Å². The molecule has 0 aromatic heterocycles. The van der Waals surface area contributed by atoms with Crippen LogP contribution < -0.4 is 10.5 Å². The van der Waals surface area contributed by atoms with Crippen LogP contribution in [0, 0.1) is 5.41 Å². The van der Waals surface area contributed by atoms with E-state index in [-0.39, 0.29) is 17.5 Å². The molecule has 0 amide bonds. The molecule has 2 unspecified atom stereocenters. The van der Waals surface area contributed by atoms with Gasteiger partial charge in [-0.15, -0.1) is 0 Å². The van der Waals surface area contributed by atoms with Gasteiger partial charge in [-0.2, -0.15) is 0 Å². The standard InChI is InChI=1S/C10H22N2O2S/c1-9(2,3)15(13,14)12-8-6-7(11)10(8,4)5/h7-8,12H,6,11H2,1-5H3. The minimum absolute atomic E-state index is 0.0308. The average molecular weight is 234 g/mol. The van der Waals surface area contributed by atoms with E-state index in [0.717, 1.165) is 6.42 Å². The minimum atomic E-state index is -3.26. The van der Waals surface area contributed by atoms with Gasteiger partial charge < -0.3 is 5.73 Å². The Morgan fingerprint density at radius 1 is 1.33 bits per heavy atom. The lowest BCUT2D eigenvalue weighted by Gasteiger charge is -2.50. The van der Waals surface area contributed by atoms with Gasteiger partial charge in [0, 0.05) is 12.1 Å². The molecule has 1 aliphatic rings. The Morgan fingerprint density at radius 3 is 2.07 bits per heavy atom. The molecule has 90 valence electrons. The number of nitrogens with two attached hydrogens (primary N) is 1. The third-order valence-corrected chi connectivity index (χ3v) is 5.65. The summed E-state index contributed by atoms with van der Waals surface area (Å²) in [7, 11) is -3.26. The van der Waals surface area contributed by atoms with E-state index < -0.39 is 14.8 Å². The van der Waals surface area contributed by atoms with Crippen molar-refractivity contribution in [1.29, 1.82) is 0 Å². The van der Waals surface area contributed by atoms with E-state index in [1.807, 2.05) is 13.8 Å². The van der Waals surface area contributed by atoms with Crippen LogP contribution in [0.15, 0.2) is 0 Å². The van der Waals surface area contributed by atoms with Gasteiger partial charge in [0.2, 0.25) is 10.0 Å². The lowest BCUT2D eigenvalue weighted by molar-refractivity contribution is 0.0899. The van der Waals surface area contributed by atoms with E-state index in [4.69, 9.17) is 5.73 Å². The maximum Gasteiger partial charge on any atom is 0.216 e. The quantitative estimate of drug-likeness (QED) is 0.743. The van der Waals surface area contributed by atoms with Gasteiger partial charge in [0.05, 0.1) is 4.75 Å². The van der Waals surface area contributed by atoms with Crippen molar-refractivity contribution in [1.82, 2.24) is 4.72 Å². The highest BCUT2D eigenvalue weighted by Crippen LogP contribution is 2.39. The maximum atomic E-state index is 11.9. The Labute approximate surface area is 92.7 Å². The van der Waals surface area contributed by atoms with Crippen LogP contribution in [-0.2, 0) is 10.0 Å². The predicted octanol–water partition coefficient (Wildman–Crippen LogP) is 0.830. The normalized spacial score (nSPS) is 31.1. The second kappa shape index (κ2) is 3.43. The Morgan fingerprint density at radius 2 is 1.80 bits per heavy atom. The maximum absolute atomic E-state index is 11.9. The third-order valence-electron chi connectivity index (χ3n) is 3.45. The average Bonchev–Trinajstić information content (AvgIpc) is 2.01. The second-order valence-electron chi connectivity index (χ2n) is 5.95. The third kappa shape index (κ3) is 2.19. The topological polar surface area (TPSA) is 72.2 Å². The lowest BCUT2D eigenvalue weighted by Crippen LogP contribution is -2.65. The molecule has 0 heterocycles. The fourth-order valence-electron chi connectivity index (χ4n) is 1.52. The number of sulfonamides is 1. The molecule has 1 fully saturated rings. The zero-order chi connectivity index (χ0) is 12.1. The van der Waals surface area contributed by atoms with Crippen LogP contribution in [0.3, 0.4) is 0 Å². The van der Waals surface area contributed by atoms with Gasteiger partial charge in [-0.25, -0.2) is 13.1 Å². The van der Waals surface area contributed by atoms with Gasteiger partial charge in [-0.3, -0.25) is 0 Å². The molecule has 4 nitrogen and oxygen atoms in total. The molecular formula is C10H22N2O2S. The summed E-state index contributed by atoms with van der Waals surface area (Å²) in [5, 5.41) is 0. The molecule has 1 aliphatic carbocycles. The summed E-state index contributed by atoms with van der Waals surface area (Å²) in [6, 6.07) is 0.0573. The van der Waals surface area contributed by atoms with Crippen LogP contribution in [0.5, 0.6) is 0 Å². The zero-order valence-corrected chi connectivity index (χ0v) is 11.0. The van der Waals surface area contributed by atoms with Crippen molar-refractivity contribution in [2.75, 3.05) is 0 Å². The largest absolute Gasteiger partial charge is 0.327 e. The Hall–Kier alpha value is -0.130. The Balaban J connectivity index is 2.74. The summed E-state index contributed by atoms with van der Waals surface area (Å²) in [6.45, 7) is 9.08. The first-order valence-electron chi connectivity index (χ1n) is 5.26. The van der Waals surface area contributed by atoms with E-state index in [2.05, 4.69) is 4.72 Å². The fraction of sp³-hybridized carbons (Fsp3) is 1.00. The summed E-state index contributed by atoms with van der Waals surface area (Å²) in [5.74, 6) is 0. The van der Waals surface area contributed by atoms with Gasteiger partial charge in [0.25, 0.3) is 0 Å². The number of hydrogen-bond acceptors (Lipinski definition) is 3. The SMILES string of the molecule is CC1(C)C(N)CC1NS(=O)(=O)C(C)(C)C. The van der Waals surface area contributed by atoms with E-state index in [1.54, 1.807) is 20.8 Å². The molecule has 3 N–H and O–H groups in total. The summed E-state index contributed by atoms with van der Waals surface area (Å²) in [6.07, 6.45) is 0.725. The summed E-state index contributed by atoms with van der Waals surface area (Å²) < 4.78 is 25.8. The molecule has 0 spiro atoms. The molecule has 2 atom stereocenters. The van der Waals surface area contributed by atoms with Crippen molar-refractivity contribution in [2.45, 2.75) is 57.9 Å². The Bertz CT molecular complexity index is 341. The van der Waals surface area contributed by atoms with Crippen molar-refractivity contribution in [3.63, 3.8) is 0 Å².